The number of carbonyl (C=O) groups excluding carboxylic acids is 2. The Morgan fingerprint density at radius 1 is 0.380 bits per heavy atom. The first kappa shape index (κ1) is 76.7. The average Bonchev–Trinajstić information content (AvgIpc) is 3.44. The smallest absolute Gasteiger partial charge is 0.462 e. The van der Waals surface area contributed by atoms with Crippen molar-refractivity contribution in [2.75, 3.05) is 26.4 Å². The molecule has 0 aromatic heterocycles. The van der Waals surface area contributed by atoms with Crippen LogP contribution in [0.25, 0.3) is 0 Å². The predicted molar refractivity (Wildman–Crippen MR) is 340 cm³/mol. The summed E-state index contributed by atoms with van der Waals surface area (Å²) in [7, 11) is -4.39. The molecule has 0 spiro atoms. The van der Waals surface area contributed by atoms with Crippen molar-refractivity contribution in [1.82, 2.24) is 0 Å². The quantitative estimate of drug-likeness (QED) is 0.0264. The van der Waals surface area contributed by atoms with Crippen molar-refractivity contribution < 1.29 is 37.6 Å². The van der Waals surface area contributed by atoms with E-state index in [9.17, 15) is 19.0 Å². The van der Waals surface area contributed by atoms with E-state index in [4.69, 9.17) is 24.3 Å². The lowest BCUT2D eigenvalue weighted by molar-refractivity contribution is -0.161. The molecule has 0 aliphatic rings. The van der Waals surface area contributed by atoms with E-state index in [1.807, 2.05) is 0 Å². The maximum absolute atomic E-state index is 12.7. The van der Waals surface area contributed by atoms with Crippen molar-refractivity contribution in [2.45, 2.75) is 341 Å². The van der Waals surface area contributed by atoms with Gasteiger partial charge in [-0.2, -0.15) is 0 Å². The van der Waals surface area contributed by atoms with Gasteiger partial charge >= 0.3 is 19.8 Å². The summed E-state index contributed by atoms with van der Waals surface area (Å²) in [5.41, 5.74) is 5.39. The second-order valence-electron chi connectivity index (χ2n) is 22.7. The maximum Gasteiger partial charge on any atom is 0.472 e. The molecule has 9 nitrogen and oxygen atoms in total. The molecule has 0 aromatic carbocycles. The summed E-state index contributed by atoms with van der Waals surface area (Å²) in [5.74, 6) is -0.823. The van der Waals surface area contributed by atoms with Crippen molar-refractivity contribution >= 4 is 19.8 Å². The van der Waals surface area contributed by atoms with E-state index >= 15 is 0 Å². The molecule has 462 valence electrons. The van der Waals surface area contributed by atoms with Gasteiger partial charge in [-0.1, -0.05) is 299 Å². The zero-order valence-corrected chi connectivity index (χ0v) is 52.8. The molecule has 3 N–H and O–H groups in total. The van der Waals surface area contributed by atoms with Crippen LogP contribution in [-0.4, -0.2) is 49.3 Å². The molecule has 0 bridgehead atoms. The number of carbonyl (C=O) groups is 2. The van der Waals surface area contributed by atoms with Crippen LogP contribution in [0.3, 0.4) is 0 Å². The SMILES string of the molecule is CCCCC/C=C\C/C=C\CCCCCCCCCC(=O)OCC(COP(=O)(O)OCCN)OC(=O)CCCCCCCCCCCCCCCCCCCCCCCCCCCC/C=C\C/C=C\C/C=C\CCCCCCC. The molecule has 0 heterocycles. The minimum absolute atomic E-state index is 0.0527. The van der Waals surface area contributed by atoms with Crippen molar-refractivity contribution in [2.24, 2.45) is 5.73 Å². The molecule has 0 rings (SSSR count). The molecule has 79 heavy (non-hydrogen) atoms. The van der Waals surface area contributed by atoms with Gasteiger partial charge in [0.05, 0.1) is 13.2 Å². The third kappa shape index (κ3) is 64.7. The number of ether oxygens (including phenoxy) is 2. The second kappa shape index (κ2) is 64.9. The number of phosphoric acid groups is 1. The van der Waals surface area contributed by atoms with Gasteiger partial charge in [0, 0.05) is 19.4 Å². The molecule has 0 fully saturated rings. The van der Waals surface area contributed by atoms with Crippen LogP contribution in [0.4, 0.5) is 0 Å². The minimum atomic E-state index is -4.39. The standard InChI is InChI=1S/C69H128NO8P/c1-3-5-7-9-11-13-15-17-19-21-22-23-24-25-26-27-28-29-30-31-32-33-34-35-36-37-38-39-40-41-42-43-44-46-48-50-52-54-56-58-60-62-69(72)78-67(66-77-79(73,74)76-64-63-70)65-75-68(71)61-59-57-55-53-51-49-47-45-20-18-16-14-12-10-8-6-4-2/h12,14-15,17-18,20-22,24-25,67H,3-11,13,16,19,23,26-66,70H2,1-2H3,(H,73,74)/b14-12-,17-15-,20-18-,22-21-,25-24-. The molecule has 0 radical (unpaired) electrons. The van der Waals surface area contributed by atoms with Crippen molar-refractivity contribution in [3.63, 3.8) is 0 Å². The third-order valence-corrected chi connectivity index (χ3v) is 15.9. The van der Waals surface area contributed by atoms with Crippen LogP contribution in [0.2, 0.25) is 0 Å². The Bertz CT molecular complexity index is 1480. The van der Waals surface area contributed by atoms with Gasteiger partial charge in [-0.15, -0.1) is 0 Å². The van der Waals surface area contributed by atoms with Crippen LogP contribution >= 0.6 is 7.82 Å². The third-order valence-electron chi connectivity index (χ3n) is 14.9. The Morgan fingerprint density at radius 2 is 0.658 bits per heavy atom. The summed E-state index contributed by atoms with van der Waals surface area (Å²) in [6.07, 6.45) is 83.3. The van der Waals surface area contributed by atoms with Crippen LogP contribution < -0.4 is 5.73 Å². The number of hydrogen-bond donors (Lipinski definition) is 2. The first-order chi connectivity index (χ1) is 38.8. The summed E-state index contributed by atoms with van der Waals surface area (Å²) < 4.78 is 33.1. The topological polar surface area (TPSA) is 134 Å². The van der Waals surface area contributed by atoms with Crippen molar-refractivity contribution in [3.8, 4) is 0 Å². The van der Waals surface area contributed by atoms with Crippen LogP contribution in [0.15, 0.2) is 60.8 Å². The Labute approximate surface area is 489 Å². The molecule has 0 amide bonds. The second-order valence-corrected chi connectivity index (χ2v) is 24.1. The zero-order chi connectivity index (χ0) is 57.3. The number of rotatable bonds is 64. The molecule has 0 aromatic rings. The zero-order valence-electron chi connectivity index (χ0n) is 51.9. The van der Waals surface area contributed by atoms with Gasteiger partial charge in [0.2, 0.25) is 0 Å². The van der Waals surface area contributed by atoms with Crippen LogP contribution in [-0.2, 0) is 32.7 Å². The van der Waals surface area contributed by atoms with Crippen LogP contribution in [0.1, 0.15) is 335 Å². The maximum atomic E-state index is 12.7. The Balaban J connectivity index is 3.75. The molecular formula is C69H128NO8P. The number of esters is 2. The number of hydrogen-bond acceptors (Lipinski definition) is 8. The van der Waals surface area contributed by atoms with Crippen LogP contribution in [0, 0.1) is 0 Å². The van der Waals surface area contributed by atoms with Crippen LogP contribution in [0.5, 0.6) is 0 Å². The van der Waals surface area contributed by atoms with E-state index in [2.05, 4.69) is 74.6 Å². The molecule has 2 atom stereocenters. The normalized spacial score (nSPS) is 13.3. The highest BCUT2D eigenvalue weighted by molar-refractivity contribution is 7.47. The summed E-state index contributed by atoms with van der Waals surface area (Å²) in [4.78, 5) is 35.2. The number of nitrogens with two attached hydrogens (primary N) is 1. The number of unbranched alkanes of at least 4 members (excludes halogenated alkanes) is 41. The van der Waals surface area contributed by atoms with E-state index in [0.717, 1.165) is 64.2 Å². The fourth-order valence-electron chi connectivity index (χ4n) is 9.85. The number of phosphoric ester groups is 1. The van der Waals surface area contributed by atoms with Gasteiger partial charge in [-0.05, 0) is 83.5 Å². The summed E-state index contributed by atoms with van der Waals surface area (Å²) in [5, 5.41) is 0. The monoisotopic (exact) mass is 1130 g/mol. The van der Waals surface area contributed by atoms with Gasteiger partial charge in [-0.3, -0.25) is 18.6 Å². The molecule has 0 saturated carbocycles. The Kier molecular flexibility index (Phi) is 63.0. The highest BCUT2D eigenvalue weighted by Crippen LogP contribution is 2.43. The fraction of sp³-hybridized carbons (Fsp3) is 0.826. The van der Waals surface area contributed by atoms with E-state index < -0.39 is 26.5 Å². The van der Waals surface area contributed by atoms with Gasteiger partial charge in [0.15, 0.2) is 6.10 Å². The number of allylic oxidation sites excluding steroid dienone is 10. The van der Waals surface area contributed by atoms with Crippen molar-refractivity contribution in [3.05, 3.63) is 60.8 Å². The van der Waals surface area contributed by atoms with Gasteiger partial charge < -0.3 is 20.1 Å². The molecule has 0 saturated heterocycles. The molecule has 0 aliphatic heterocycles. The summed E-state index contributed by atoms with van der Waals surface area (Å²) >= 11 is 0. The average molecular weight is 1130 g/mol. The van der Waals surface area contributed by atoms with E-state index in [0.29, 0.717) is 6.42 Å². The van der Waals surface area contributed by atoms with E-state index in [-0.39, 0.29) is 38.6 Å². The molecule has 10 heteroatoms. The predicted octanol–water partition coefficient (Wildman–Crippen LogP) is 21.9. The Hall–Kier alpha value is -2.29. The molecular weight excluding hydrogens is 1000 g/mol. The van der Waals surface area contributed by atoms with Gasteiger partial charge in [0.1, 0.15) is 6.61 Å². The van der Waals surface area contributed by atoms with Gasteiger partial charge in [0.25, 0.3) is 0 Å². The lowest BCUT2D eigenvalue weighted by Crippen LogP contribution is -2.29. The molecule has 2 unspecified atom stereocenters. The lowest BCUT2D eigenvalue weighted by atomic mass is 10.0. The van der Waals surface area contributed by atoms with Gasteiger partial charge in [-0.25, -0.2) is 4.57 Å². The Morgan fingerprint density at radius 3 is 1.00 bits per heavy atom. The first-order valence-corrected chi connectivity index (χ1v) is 35.3. The summed E-state index contributed by atoms with van der Waals surface area (Å²) in [6.45, 7) is 3.74. The highest BCUT2D eigenvalue weighted by Gasteiger charge is 2.26. The highest BCUT2D eigenvalue weighted by atomic mass is 31.2. The first-order valence-electron chi connectivity index (χ1n) is 33.8. The van der Waals surface area contributed by atoms with E-state index in [1.165, 1.54) is 238 Å². The minimum Gasteiger partial charge on any atom is -0.462 e. The largest absolute Gasteiger partial charge is 0.472 e. The fourth-order valence-corrected chi connectivity index (χ4v) is 10.6. The summed E-state index contributed by atoms with van der Waals surface area (Å²) in [6, 6.07) is 0. The van der Waals surface area contributed by atoms with Crippen molar-refractivity contribution in [1.29, 1.82) is 0 Å². The lowest BCUT2D eigenvalue weighted by Gasteiger charge is -2.19. The van der Waals surface area contributed by atoms with E-state index in [1.54, 1.807) is 0 Å². The molecule has 0 aliphatic carbocycles.